The summed E-state index contributed by atoms with van der Waals surface area (Å²) in [7, 11) is 0. The van der Waals surface area contributed by atoms with Gasteiger partial charge in [-0.15, -0.1) is 0 Å². The van der Waals surface area contributed by atoms with Crippen LogP contribution in [0.2, 0.25) is 0 Å². The molecule has 2 rings (SSSR count). The molecule has 2 aromatic rings. The van der Waals surface area contributed by atoms with Crippen molar-refractivity contribution in [3.05, 3.63) is 28.0 Å². The van der Waals surface area contributed by atoms with Crippen LogP contribution in [0.25, 0.3) is 11.0 Å². The lowest BCUT2D eigenvalue weighted by molar-refractivity contribution is -0.136. The minimum absolute atomic E-state index is 0.0369. The van der Waals surface area contributed by atoms with E-state index in [1.807, 2.05) is 13.8 Å². The molecular formula is C11H12BrF3N2. The first-order valence-corrected chi connectivity index (χ1v) is 5.90. The van der Waals surface area contributed by atoms with E-state index in [0.717, 1.165) is 6.20 Å². The number of aryl methyl sites for hydroxylation is 1. The first kappa shape index (κ1) is 14.0. The molecule has 94 valence electrons. The number of aromatic amines is 1. The highest BCUT2D eigenvalue weighted by molar-refractivity contribution is 9.10. The number of nitrogens with one attached hydrogen (secondary N) is 1. The Morgan fingerprint density at radius 3 is 2.41 bits per heavy atom. The molecule has 0 spiro atoms. The van der Waals surface area contributed by atoms with E-state index in [4.69, 9.17) is 0 Å². The third-order valence-electron chi connectivity index (χ3n) is 2.14. The molecule has 0 aliphatic rings. The first-order chi connectivity index (χ1) is 7.91. The molecule has 1 N–H and O–H groups in total. The van der Waals surface area contributed by atoms with Crippen LogP contribution in [0.3, 0.4) is 0 Å². The van der Waals surface area contributed by atoms with Crippen molar-refractivity contribution in [3.8, 4) is 0 Å². The zero-order chi connectivity index (χ0) is 13.2. The van der Waals surface area contributed by atoms with Gasteiger partial charge in [-0.3, -0.25) is 0 Å². The molecule has 0 bridgehead atoms. The van der Waals surface area contributed by atoms with E-state index in [-0.39, 0.29) is 15.5 Å². The lowest BCUT2D eigenvalue weighted by Gasteiger charge is -2.10. The number of aromatic nitrogens is 2. The van der Waals surface area contributed by atoms with Gasteiger partial charge in [-0.25, -0.2) is 4.98 Å². The fourth-order valence-electron chi connectivity index (χ4n) is 1.51. The van der Waals surface area contributed by atoms with Gasteiger partial charge in [0.25, 0.3) is 0 Å². The molecule has 0 aromatic carbocycles. The van der Waals surface area contributed by atoms with E-state index in [0.29, 0.717) is 5.56 Å². The second kappa shape index (κ2) is 5.08. The first-order valence-electron chi connectivity index (χ1n) is 5.10. The predicted octanol–water partition coefficient (Wildman–Crippen LogP) is 4.68. The molecule has 0 saturated heterocycles. The van der Waals surface area contributed by atoms with Crippen LogP contribution in [-0.4, -0.2) is 9.97 Å². The fraction of sp³-hybridized carbons (Fsp3) is 0.364. The number of H-pyrrole nitrogens is 1. The van der Waals surface area contributed by atoms with Crippen LogP contribution in [0.5, 0.6) is 0 Å². The molecule has 0 aliphatic carbocycles. The molecule has 0 fully saturated rings. The average molecular weight is 309 g/mol. The zero-order valence-electron chi connectivity index (χ0n) is 9.61. The minimum atomic E-state index is -4.38. The molecule has 0 unspecified atom stereocenters. The molecular weight excluding hydrogens is 297 g/mol. The minimum Gasteiger partial charge on any atom is -0.346 e. The number of halogens is 4. The van der Waals surface area contributed by atoms with Crippen molar-refractivity contribution in [3.63, 3.8) is 0 Å². The third-order valence-corrected chi connectivity index (χ3v) is 2.74. The van der Waals surface area contributed by atoms with Gasteiger partial charge in [0.2, 0.25) is 0 Å². The normalized spacial score (nSPS) is 11.2. The Hall–Kier alpha value is -1.04. The van der Waals surface area contributed by atoms with Gasteiger partial charge in [0, 0.05) is 22.3 Å². The number of fused-ring (bicyclic) bond motifs is 1. The Morgan fingerprint density at radius 1 is 1.29 bits per heavy atom. The van der Waals surface area contributed by atoms with Crippen molar-refractivity contribution in [1.29, 1.82) is 0 Å². The summed E-state index contributed by atoms with van der Waals surface area (Å²) in [4.78, 5) is 6.57. The van der Waals surface area contributed by atoms with Gasteiger partial charge < -0.3 is 4.98 Å². The topological polar surface area (TPSA) is 28.7 Å². The molecule has 0 radical (unpaired) electrons. The molecule has 0 atom stereocenters. The van der Waals surface area contributed by atoms with Crippen molar-refractivity contribution in [1.82, 2.24) is 9.97 Å². The van der Waals surface area contributed by atoms with E-state index in [1.54, 1.807) is 6.92 Å². The summed E-state index contributed by atoms with van der Waals surface area (Å²) in [6.45, 7) is 5.61. The van der Waals surface area contributed by atoms with E-state index < -0.39 is 11.7 Å². The maximum absolute atomic E-state index is 12.8. The lowest BCUT2D eigenvalue weighted by Crippen LogP contribution is -2.07. The molecule has 2 heterocycles. The summed E-state index contributed by atoms with van der Waals surface area (Å²) in [5.74, 6) is 0. The quantitative estimate of drug-likeness (QED) is 0.752. The van der Waals surface area contributed by atoms with E-state index >= 15 is 0 Å². The van der Waals surface area contributed by atoms with Crippen molar-refractivity contribution < 1.29 is 13.2 Å². The monoisotopic (exact) mass is 308 g/mol. The highest BCUT2D eigenvalue weighted by atomic mass is 79.9. The van der Waals surface area contributed by atoms with Gasteiger partial charge in [-0.2, -0.15) is 13.2 Å². The van der Waals surface area contributed by atoms with E-state index in [1.165, 1.54) is 6.20 Å². The number of rotatable bonds is 0. The number of hydrogen-bond acceptors (Lipinski definition) is 1. The maximum Gasteiger partial charge on any atom is 0.418 e. The summed E-state index contributed by atoms with van der Waals surface area (Å²) in [5.41, 5.74) is 0.111. The molecule has 0 amide bonds. The summed E-state index contributed by atoms with van der Waals surface area (Å²) >= 11 is 2.88. The van der Waals surface area contributed by atoms with Crippen molar-refractivity contribution in [2.24, 2.45) is 0 Å². The number of alkyl halides is 3. The van der Waals surface area contributed by atoms with Gasteiger partial charge in [-0.05, 0) is 28.4 Å². The van der Waals surface area contributed by atoms with Gasteiger partial charge in [0.15, 0.2) is 0 Å². The summed E-state index contributed by atoms with van der Waals surface area (Å²) in [6.07, 6.45) is -1.71. The average Bonchev–Trinajstić information content (AvgIpc) is 2.62. The Bertz CT molecular complexity index is 517. The summed E-state index contributed by atoms with van der Waals surface area (Å²) in [6, 6.07) is 0. The van der Waals surface area contributed by atoms with Crippen LogP contribution < -0.4 is 0 Å². The summed E-state index contributed by atoms with van der Waals surface area (Å²) in [5, 5.41) is 0.122. The maximum atomic E-state index is 12.8. The third kappa shape index (κ3) is 2.62. The Balaban J connectivity index is 0.000000686. The van der Waals surface area contributed by atoms with Crippen LogP contribution in [0.1, 0.15) is 25.0 Å². The Kier molecular flexibility index (Phi) is 4.19. The highest BCUT2D eigenvalue weighted by Gasteiger charge is 2.36. The zero-order valence-corrected chi connectivity index (χ0v) is 11.2. The van der Waals surface area contributed by atoms with Gasteiger partial charge in [0.05, 0.1) is 5.56 Å². The molecule has 6 heteroatoms. The highest BCUT2D eigenvalue weighted by Crippen LogP contribution is 2.39. The number of hydrogen-bond donors (Lipinski definition) is 1. The smallest absolute Gasteiger partial charge is 0.346 e. The summed E-state index contributed by atoms with van der Waals surface area (Å²) < 4.78 is 38.3. The van der Waals surface area contributed by atoms with Crippen molar-refractivity contribution in [2.75, 3.05) is 0 Å². The van der Waals surface area contributed by atoms with Crippen LogP contribution in [0, 0.1) is 6.92 Å². The van der Waals surface area contributed by atoms with Crippen LogP contribution in [0.15, 0.2) is 16.9 Å². The van der Waals surface area contributed by atoms with Gasteiger partial charge in [-0.1, -0.05) is 13.8 Å². The fourth-order valence-corrected chi connectivity index (χ4v) is 2.03. The Labute approximate surface area is 105 Å². The van der Waals surface area contributed by atoms with Gasteiger partial charge >= 0.3 is 6.18 Å². The van der Waals surface area contributed by atoms with Crippen LogP contribution in [0.4, 0.5) is 13.2 Å². The molecule has 0 aliphatic heterocycles. The number of nitrogens with zero attached hydrogens (tertiary/aromatic N) is 1. The second-order valence-electron chi connectivity index (χ2n) is 3.17. The largest absolute Gasteiger partial charge is 0.418 e. The van der Waals surface area contributed by atoms with E-state index in [2.05, 4.69) is 25.9 Å². The Morgan fingerprint density at radius 2 is 1.88 bits per heavy atom. The van der Waals surface area contributed by atoms with Crippen molar-refractivity contribution >= 4 is 27.0 Å². The van der Waals surface area contributed by atoms with Crippen molar-refractivity contribution in [2.45, 2.75) is 26.9 Å². The molecule has 17 heavy (non-hydrogen) atoms. The van der Waals surface area contributed by atoms with Gasteiger partial charge in [0.1, 0.15) is 5.65 Å². The number of pyridine rings is 1. The SMILES string of the molecule is CC.Cc1c[nH]c2ncc(Br)c(C(F)(F)F)c12. The lowest BCUT2D eigenvalue weighted by atomic mass is 10.1. The van der Waals surface area contributed by atoms with Crippen LogP contribution >= 0.6 is 15.9 Å². The molecule has 0 saturated carbocycles. The van der Waals surface area contributed by atoms with E-state index in [9.17, 15) is 13.2 Å². The molecule has 2 nitrogen and oxygen atoms in total. The standard InChI is InChI=1S/C9H6BrF3N2.C2H6/c1-4-2-14-8-6(4)7(9(11,12)13)5(10)3-15-8;1-2/h2-3H,1H3,(H,14,15);1-2H3. The predicted molar refractivity (Wildman–Crippen MR) is 64.9 cm³/mol. The second-order valence-corrected chi connectivity index (χ2v) is 4.03. The molecule has 2 aromatic heterocycles. The van der Waals surface area contributed by atoms with Crippen LogP contribution in [-0.2, 0) is 6.18 Å².